The number of nitrogens with zero attached hydrogens (tertiary/aromatic N) is 3. The number of ether oxygens (including phenoxy) is 5. The van der Waals surface area contributed by atoms with Crippen molar-refractivity contribution in [1.29, 1.82) is 0 Å². The van der Waals surface area contributed by atoms with E-state index in [1.54, 1.807) is 47.6 Å². The fourth-order valence-corrected chi connectivity index (χ4v) is 7.47. The maximum absolute atomic E-state index is 13.6. The van der Waals surface area contributed by atoms with Gasteiger partial charge in [-0.3, -0.25) is 4.79 Å². The first-order valence-electron chi connectivity index (χ1n) is 21.6. The van der Waals surface area contributed by atoms with E-state index in [1.807, 2.05) is 66.7 Å². The Morgan fingerprint density at radius 1 is 0.683 bits per heavy atom. The van der Waals surface area contributed by atoms with Crippen molar-refractivity contribution >= 4 is 35.9 Å². The molecule has 0 unspecified atom stereocenters. The quantitative estimate of drug-likeness (QED) is 0.130. The number of carbonyl (C=O) groups is 5. The molecule has 3 aliphatic rings. The second-order valence-corrected chi connectivity index (χ2v) is 17.0. The molecular weight excluding hydrogens is 811 g/mol. The number of likely N-dealkylation sites (tertiary alicyclic amines) is 1. The summed E-state index contributed by atoms with van der Waals surface area (Å²) >= 11 is 0. The van der Waals surface area contributed by atoms with Gasteiger partial charge in [0.05, 0.1) is 13.2 Å². The molecule has 6 rings (SSSR count). The molecule has 3 aliphatic heterocycles. The van der Waals surface area contributed by atoms with Gasteiger partial charge >= 0.3 is 24.3 Å². The van der Waals surface area contributed by atoms with E-state index in [2.05, 4.69) is 16.0 Å². The maximum Gasteiger partial charge on any atom is 0.410 e. The standard InChI is InChI=1S/C46H61N7O10/c1-46(2,3)63-43(56)50-29-33-11-9-32(10-12-33)28-49-42(55)51-22-24-53(25-23-51)45(58)62-38-19-26-59-39(40(38)60-30-35-7-5-4-6-8-35)31-61-44(57)52-20-17-36(18-21-52)41(54)48-27-34-13-15-37(47)16-14-34/h4-16,36,38-40H,17-31,47H2,1-3H3,(H,48,54)(H,49,55)(H,50,56)/t38-,39-,40+/m1/s1. The third-order valence-electron chi connectivity index (χ3n) is 11.1. The molecule has 3 atom stereocenters. The van der Waals surface area contributed by atoms with Gasteiger partial charge in [-0.2, -0.15) is 0 Å². The molecule has 3 aromatic rings. The normalized spacial score (nSPS) is 19.4. The molecule has 63 heavy (non-hydrogen) atoms. The molecule has 0 aliphatic carbocycles. The number of rotatable bonds is 13. The monoisotopic (exact) mass is 871 g/mol. The summed E-state index contributed by atoms with van der Waals surface area (Å²) in [5.74, 6) is -0.265. The molecule has 340 valence electrons. The Morgan fingerprint density at radius 2 is 1.25 bits per heavy atom. The smallest absolute Gasteiger partial charge is 0.410 e. The molecule has 3 fully saturated rings. The van der Waals surface area contributed by atoms with Gasteiger partial charge in [0.1, 0.15) is 30.5 Å². The highest BCUT2D eigenvalue weighted by Gasteiger charge is 2.40. The highest BCUT2D eigenvalue weighted by molar-refractivity contribution is 5.79. The minimum Gasteiger partial charge on any atom is -0.447 e. The predicted octanol–water partition coefficient (Wildman–Crippen LogP) is 5.17. The first-order chi connectivity index (χ1) is 30.3. The summed E-state index contributed by atoms with van der Waals surface area (Å²) in [7, 11) is 0. The molecule has 0 saturated carbocycles. The lowest BCUT2D eigenvalue weighted by Crippen LogP contribution is -2.55. The fourth-order valence-electron chi connectivity index (χ4n) is 7.47. The molecule has 0 spiro atoms. The van der Waals surface area contributed by atoms with E-state index in [0.29, 0.717) is 70.8 Å². The van der Waals surface area contributed by atoms with Crippen LogP contribution in [0.15, 0.2) is 78.9 Å². The zero-order chi connectivity index (χ0) is 44.8. The van der Waals surface area contributed by atoms with Crippen molar-refractivity contribution in [3.05, 3.63) is 101 Å². The van der Waals surface area contributed by atoms with Gasteiger partial charge in [-0.25, -0.2) is 19.2 Å². The van der Waals surface area contributed by atoms with Crippen LogP contribution in [0.5, 0.6) is 0 Å². The Kier molecular flexibility index (Phi) is 16.5. The Hall–Kier alpha value is -6.07. The van der Waals surface area contributed by atoms with E-state index in [1.165, 1.54) is 0 Å². The van der Waals surface area contributed by atoms with Crippen molar-refractivity contribution in [1.82, 2.24) is 30.7 Å². The number of hydrogen-bond acceptors (Lipinski definition) is 11. The van der Waals surface area contributed by atoms with Crippen LogP contribution in [0.4, 0.5) is 24.9 Å². The average molecular weight is 872 g/mol. The molecule has 3 saturated heterocycles. The molecule has 6 amide bonds. The van der Waals surface area contributed by atoms with Crippen LogP contribution in [0.1, 0.15) is 62.3 Å². The lowest BCUT2D eigenvalue weighted by atomic mass is 9.96. The number of piperazine rings is 1. The van der Waals surface area contributed by atoms with Crippen LogP contribution in [-0.2, 0) is 54.7 Å². The number of amides is 6. The van der Waals surface area contributed by atoms with Crippen LogP contribution in [-0.4, -0.2) is 121 Å². The Morgan fingerprint density at radius 3 is 1.89 bits per heavy atom. The van der Waals surface area contributed by atoms with Crippen molar-refractivity contribution in [3.8, 4) is 0 Å². The van der Waals surface area contributed by atoms with Crippen LogP contribution in [0, 0.1) is 5.92 Å². The molecule has 0 aromatic heterocycles. The zero-order valence-electron chi connectivity index (χ0n) is 36.4. The van der Waals surface area contributed by atoms with E-state index in [4.69, 9.17) is 29.4 Å². The van der Waals surface area contributed by atoms with E-state index in [0.717, 1.165) is 22.3 Å². The van der Waals surface area contributed by atoms with Crippen molar-refractivity contribution in [2.45, 2.75) is 90.2 Å². The van der Waals surface area contributed by atoms with E-state index in [9.17, 15) is 24.0 Å². The summed E-state index contributed by atoms with van der Waals surface area (Å²) in [4.78, 5) is 69.5. The van der Waals surface area contributed by atoms with Gasteiger partial charge in [-0.05, 0) is 68.0 Å². The van der Waals surface area contributed by atoms with Gasteiger partial charge in [-0.15, -0.1) is 0 Å². The summed E-state index contributed by atoms with van der Waals surface area (Å²) < 4.78 is 29.5. The molecule has 17 heteroatoms. The average Bonchev–Trinajstić information content (AvgIpc) is 3.28. The number of nitrogens with two attached hydrogens (primary N) is 1. The summed E-state index contributed by atoms with van der Waals surface area (Å²) in [5.41, 5.74) is 9.51. The van der Waals surface area contributed by atoms with Crippen LogP contribution in [0.25, 0.3) is 0 Å². The number of carbonyl (C=O) groups excluding carboxylic acids is 5. The first-order valence-corrected chi connectivity index (χ1v) is 21.6. The van der Waals surface area contributed by atoms with Gasteiger partial charge in [0.2, 0.25) is 5.91 Å². The largest absolute Gasteiger partial charge is 0.447 e. The van der Waals surface area contributed by atoms with Crippen molar-refractivity contribution in [2.75, 3.05) is 58.2 Å². The Labute approximate surface area is 368 Å². The minimum atomic E-state index is -0.728. The van der Waals surface area contributed by atoms with Crippen LogP contribution < -0.4 is 21.7 Å². The third-order valence-corrected chi connectivity index (χ3v) is 11.1. The summed E-state index contributed by atoms with van der Waals surface area (Å²) in [5, 5.41) is 8.66. The van der Waals surface area contributed by atoms with Gasteiger partial charge in [0, 0.05) is 76.9 Å². The number of piperidine rings is 1. The number of nitrogen functional groups attached to an aromatic ring is 1. The molecule has 0 bridgehead atoms. The molecule has 5 N–H and O–H groups in total. The lowest BCUT2D eigenvalue weighted by Gasteiger charge is -2.39. The highest BCUT2D eigenvalue weighted by atomic mass is 16.6. The Balaban J connectivity index is 0.940. The third kappa shape index (κ3) is 14.5. The summed E-state index contributed by atoms with van der Waals surface area (Å²) in [6, 6.07) is 24.2. The predicted molar refractivity (Wildman–Crippen MR) is 233 cm³/mol. The number of anilines is 1. The van der Waals surface area contributed by atoms with Crippen molar-refractivity contribution < 1.29 is 47.7 Å². The van der Waals surface area contributed by atoms with Crippen molar-refractivity contribution in [2.24, 2.45) is 5.92 Å². The number of hydrogen-bond donors (Lipinski definition) is 4. The number of urea groups is 1. The Bertz CT molecular complexity index is 1960. The first kappa shape index (κ1) is 46.4. The summed E-state index contributed by atoms with van der Waals surface area (Å²) in [6.07, 6.45) is -2.23. The van der Waals surface area contributed by atoms with Crippen LogP contribution >= 0.6 is 0 Å². The number of nitrogens with one attached hydrogen (secondary N) is 3. The molecular formula is C46H61N7O10. The van der Waals surface area contributed by atoms with Crippen LogP contribution in [0.3, 0.4) is 0 Å². The van der Waals surface area contributed by atoms with Crippen LogP contribution in [0.2, 0.25) is 0 Å². The highest BCUT2D eigenvalue weighted by Crippen LogP contribution is 2.25. The second-order valence-electron chi connectivity index (χ2n) is 17.0. The molecule has 0 radical (unpaired) electrons. The fraction of sp³-hybridized carbons (Fsp3) is 0.500. The van der Waals surface area contributed by atoms with Crippen molar-refractivity contribution in [3.63, 3.8) is 0 Å². The number of benzene rings is 3. The van der Waals surface area contributed by atoms with Gasteiger partial charge in [0.15, 0.2) is 0 Å². The van der Waals surface area contributed by atoms with Gasteiger partial charge < -0.3 is 60.1 Å². The van der Waals surface area contributed by atoms with Gasteiger partial charge in [0.25, 0.3) is 0 Å². The zero-order valence-corrected chi connectivity index (χ0v) is 36.4. The molecule has 3 aromatic carbocycles. The van der Waals surface area contributed by atoms with Gasteiger partial charge in [-0.1, -0.05) is 66.7 Å². The SMILES string of the molecule is CC(C)(C)OC(=O)NCc1ccc(CNC(=O)N2CCN(C(=O)O[C@@H]3CCO[C@H](COC(=O)N4CCC(C(=O)NCc5ccc(N)cc5)CC4)[C@H]3OCc3ccccc3)CC2)cc1. The maximum atomic E-state index is 13.6. The second kappa shape index (κ2) is 22.3. The minimum absolute atomic E-state index is 0.0512. The van der Waals surface area contributed by atoms with E-state index < -0.39 is 42.2 Å². The molecule has 3 heterocycles. The summed E-state index contributed by atoms with van der Waals surface area (Å²) in [6.45, 7) is 8.79. The molecule has 17 nitrogen and oxygen atoms in total. The topological polar surface area (TPSA) is 203 Å². The lowest BCUT2D eigenvalue weighted by molar-refractivity contribution is -0.178. The van der Waals surface area contributed by atoms with E-state index >= 15 is 0 Å². The number of alkyl carbamates (subject to hydrolysis) is 1. The van der Waals surface area contributed by atoms with E-state index in [-0.39, 0.29) is 50.8 Å².